The summed E-state index contributed by atoms with van der Waals surface area (Å²) >= 11 is 6.10. The molecule has 7 heteroatoms. The van der Waals surface area contributed by atoms with Crippen LogP contribution in [0.1, 0.15) is 15.9 Å². The van der Waals surface area contributed by atoms with E-state index in [0.717, 1.165) is 16.7 Å². The highest BCUT2D eigenvalue weighted by Gasteiger charge is 2.10. The second kappa shape index (κ2) is 9.49. The molecule has 0 atom stereocenters. The Hall–Kier alpha value is -3.90. The number of aromatic nitrogens is 2. The van der Waals surface area contributed by atoms with E-state index in [1.807, 2.05) is 31.2 Å². The minimum atomic E-state index is -0.267. The Labute approximate surface area is 190 Å². The quantitative estimate of drug-likeness (QED) is 0.385. The average Bonchev–Trinajstić information content (AvgIpc) is 2.81. The zero-order valence-corrected chi connectivity index (χ0v) is 18.3. The molecule has 0 saturated carbocycles. The summed E-state index contributed by atoms with van der Waals surface area (Å²) in [4.78, 5) is 21.1. The number of benzene rings is 3. The van der Waals surface area contributed by atoms with Crippen molar-refractivity contribution < 1.29 is 14.3 Å². The normalized spacial score (nSPS) is 10.5. The Morgan fingerprint density at radius 2 is 1.69 bits per heavy atom. The first-order chi connectivity index (χ1) is 15.5. The largest absolute Gasteiger partial charge is 0.495 e. The van der Waals surface area contributed by atoms with Gasteiger partial charge >= 0.3 is 6.01 Å². The number of nitrogens with zero attached hydrogens (tertiary/aromatic N) is 2. The van der Waals surface area contributed by atoms with Gasteiger partial charge in [-0.3, -0.25) is 4.79 Å². The number of anilines is 1. The molecule has 0 unspecified atom stereocenters. The van der Waals surface area contributed by atoms with Gasteiger partial charge in [0.15, 0.2) is 0 Å². The van der Waals surface area contributed by atoms with Gasteiger partial charge in [0.05, 0.1) is 12.1 Å². The van der Waals surface area contributed by atoms with Crippen molar-refractivity contribution in [2.45, 2.75) is 6.92 Å². The number of aryl methyl sites for hydroxylation is 1. The van der Waals surface area contributed by atoms with Gasteiger partial charge in [-0.2, -0.15) is 0 Å². The van der Waals surface area contributed by atoms with Gasteiger partial charge in [0, 0.05) is 29.2 Å². The number of rotatable bonds is 6. The van der Waals surface area contributed by atoms with E-state index >= 15 is 0 Å². The molecule has 4 rings (SSSR count). The number of methoxy groups -OCH3 is 1. The fourth-order valence-electron chi connectivity index (χ4n) is 3.13. The fourth-order valence-corrected chi connectivity index (χ4v) is 3.39. The van der Waals surface area contributed by atoms with E-state index in [0.29, 0.717) is 27.8 Å². The van der Waals surface area contributed by atoms with Crippen LogP contribution >= 0.6 is 11.6 Å². The second-order valence-corrected chi connectivity index (χ2v) is 7.41. The van der Waals surface area contributed by atoms with E-state index in [2.05, 4.69) is 15.3 Å². The van der Waals surface area contributed by atoms with Crippen LogP contribution in [-0.2, 0) is 0 Å². The number of hydrogen-bond acceptors (Lipinski definition) is 5. The van der Waals surface area contributed by atoms with Crippen LogP contribution in [0.15, 0.2) is 79.1 Å². The summed E-state index contributed by atoms with van der Waals surface area (Å²) in [6, 6.07) is 20.0. The van der Waals surface area contributed by atoms with E-state index in [4.69, 9.17) is 21.1 Å². The van der Waals surface area contributed by atoms with Crippen LogP contribution in [0.3, 0.4) is 0 Å². The van der Waals surface area contributed by atoms with Crippen molar-refractivity contribution in [1.29, 1.82) is 0 Å². The molecule has 0 aliphatic heterocycles. The van der Waals surface area contributed by atoms with Crippen molar-refractivity contribution in [3.63, 3.8) is 0 Å². The number of nitrogens with one attached hydrogen (secondary N) is 1. The van der Waals surface area contributed by atoms with E-state index < -0.39 is 0 Å². The van der Waals surface area contributed by atoms with Gasteiger partial charge < -0.3 is 14.8 Å². The molecular formula is C25H20ClN3O3. The van der Waals surface area contributed by atoms with Gasteiger partial charge in [-0.1, -0.05) is 35.9 Å². The summed E-state index contributed by atoms with van der Waals surface area (Å²) in [6.45, 7) is 2.04. The summed E-state index contributed by atoms with van der Waals surface area (Å²) in [5.41, 5.74) is 4.19. The zero-order chi connectivity index (χ0) is 22.5. The maximum Gasteiger partial charge on any atom is 0.321 e. The van der Waals surface area contributed by atoms with Gasteiger partial charge in [0.25, 0.3) is 5.91 Å². The van der Waals surface area contributed by atoms with Gasteiger partial charge in [0.2, 0.25) is 0 Å². The predicted octanol–water partition coefficient (Wildman–Crippen LogP) is 6.16. The Kier molecular flexibility index (Phi) is 6.33. The highest BCUT2D eigenvalue weighted by atomic mass is 35.5. The molecule has 1 heterocycles. The molecule has 4 aromatic rings. The molecule has 1 amide bonds. The third kappa shape index (κ3) is 4.87. The van der Waals surface area contributed by atoms with Crippen LogP contribution in [0.2, 0.25) is 5.02 Å². The molecule has 0 bridgehead atoms. The molecule has 0 saturated heterocycles. The molecule has 0 aliphatic carbocycles. The van der Waals surface area contributed by atoms with Crippen molar-refractivity contribution in [3.8, 4) is 28.6 Å². The summed E-state index contributed by atoms with van der Waals surface area (Å²) in [5.74, 6) is 0.801. The van der Waals surface area contributed by atoms with E-state index in [9.17, 15) is 4.79 Å². The highest BCUT2D eigenvalue weighted by Crippen LogP contribution is 2.28. The Morgan fingerprint density at radius 3 is 2.34 bits per heavy atom. The molecule has 6 nitrogen and oxygen atoms in total. The molecule has 0 radical (unpaired) electrons. The number of carbonyl (C=O) groups excluding carboxylic acids is 1. The molecule has 3 aromatic carbocycles. The number of amides is 1. The number of hydrogen-bond donors (Lipinski definition) is 1. The van der Waals surface area contributed by atoms with E-state index in [-0.39, 0.29) is 11.9 Å². The Bertz CT molecular complexity index is 1240. The summed E-state index contributed by atoms with van der Waals surface area (Å²) in [7, 11) is 1.53. The minimum Gasteiger partial charge on any atom is -0.495 e. The monoisotopic (exact) mass is 445 g/mol. The first-order valence-electron chi connectivity index (χ1n) is 9.84. The minimum absolute atomic E-state index is 0.229. The third-order valence-electron chi connectivity index (χ3n) is 4.82. The van der Waals surface area contributed by atoms with Crippen LogP contribution in [0, 0.1) is 6.92 Å². The fraction of sp³-hybridized carbons (Fsp3) is 0.0800. The molecule has 32 heavy (non-hydrogen) atoms. The first kappa shape index (κ1) is 21.3. The third-order valence-corrected chi connectivity index (χ3v) is 5.11. The number of carbonyl (C=O) groups is 1. The van der Waals surface area contributed by atoms with Crippen molar-refractivity contribution in [2.75, 3.05) is 12.4 Å². The highest BCUT2D eigenvalue weighted by molar-refractivity contribution is 6.32. The van der Waals surface area contributed by atoms with Crippen molar-refractivity contribution in [1.82, 2.24) is 9.97 Å². The average molecular weight is 446 g/mol. The molecule has 0 spiro atoms. The molecule has 0 fully saturated rings. The van der Waals surface area contributed by atoms with Crippen molar-refractivity contribution in [2.24, 2.45) is 0 Å². The van der Waals surface area contributed by atoms with Crippen molar-refractivity contribution in [3.05, 3.63) is 95.3 Å². The van der Waals surface area contributed by atoms with E-state index in [1.54, 1.807) is 54.9 Å². The summed E-state index contributed by atoms with van der Waals surface area (Å²) in [5, 5.41) is 3.22. The number of halogens is 1. The van der Waals surface area contributed by atoms with Crippen LogP contribution < -0.4 is 14.8 Å². The second-order valence-electron chi connectivity index (χ2n) is 7.00. The molecule has 0 aliphatic rings. The first-order valence-corrected chi connectivity index (χ1v) is 10.2. The summed E-state index contributed by atoms with van der Waals surface area (Å²) < 4.78 is 10.8. The van der Waals surface area contributed by atoms with Crippen LogP contribution in [0.4, 0.5) is 5.69 Å². The topological polar surface area (TPSA) is 73.3 Å². The SMILES string of the molecule is COc1ccc(NC(=O)c2ccc(Oc3ncc(-c4ccccc4C)cn3)cc2)cc1Cl. The van der Waals surface area contributed by atoms with Crippen molar-refractivity contribution >= 4 is 23.2 Å². The number of ether oxygens (including phenoxy) is 2. The maximum absolute atomic E-state index is 12.5. The van der Waals surface area contributed by atoms with Crippen LogP contribution in [0.5, 0.6) is 17.5 Å². The predicted molar refractivity (Wildman–Crippen MR) is 125 cm³/mol. The van der Waals surface area contributed by atoms with Gasteiger partial charge in [-0.15, -0.1) is 0 Å². The lowest BCUT2D eigenvalue weighted by atomic mass is 10.0. The molecular weight excluding hydrogens is 426 g/mol. The standard InChI is InChI=1S/C25H20ClN3O3/c1-16-5-3-4-6-21(16)18-14-27-25(28-15-18)32-20-10-7-17(8-11-20)24(30)29-19-9-12-23(31-2)22(26)13-19/h3-15H,1-2H3,(H,29,30). The van der Waals surface area contributed by atoms with Gasteiger partial charge in [0.1, 0.15) is 11.5 Å². The molecule has 160 valence electrons. The zero-order valence-electron chi connectivity index (χ0n) is 17.5. The lowest BCUT2D eigenvalue weighted by Crippen LogP contribution is -2.11. The maximum atomic E-state index is 12.5. The lowest BCUT2D eigenvalue weighted by molar-refractivity contribution is 0.102. The summed E-state index contributed by atoms with van der Waals surface area (Å²) in [6.07, 6.45) is 3.46. The Morgan fingerprint density at radius 1 is 0.969 bits per heavy atom. The van der Waals surface area contributed by atoms with Crippen LogP contribution in [-0.4, -0.2) is 23.0 Å². The molecule has 1 N–H and O–H groups in total. The Balaban J connectivity index is 1.41. The van der Waals surface area contributed by atoms with Gasteiger partial charge in [-0.25, -0.2) is 9.97 Å². The smallest absolute Gasteiger partial charge is 0.321 e. The van der Waals surface area contributed by atoms with Crippen LogP contribution in [0.25, 0.3) is 11.1 Å². The van der Waals surface area contributed by atoms with E-state index in [1.165, 1.54) is 7.11 Å². The molecule has 1 aromatic heterocycles. The van der Waals surface area contributed by atoms with Gasteiger partial charge in [-0.05, 0) is 60.5 Å². The lowest BCUT2D eigenvalue weighted by Gasteiger charge is -2.09.